The predicted octanol–water partition coefficient (Wildman–Crippen LogP) is 1.49. The maximum absolute atomic E-state index is 9.33. The molecule has 5 nitrogen and oxygen atoms in total. The van der Waals surface area contributed by atoms with Crippen LogP contribution >= 0.6 is 15.9 Å². The quantitative estimate of drug-likeness (QED) is 0.879. The first-order valence-electron chi connectivity index (χ1n) is 4.97. The van der Waals surface area contributed by atoms with E-state index in [-0.39, 0.29) is 12.1 Å². The number of hydrogen-bond acceptors (Lipinski definition) is 5. The van der Waals surface area contributed by atoms with Gasteiger partial charge in [0, 0.05) is 14.1 Å². The summed E-state index contributed by atoms with van der Waals surface area (Å²) < 4.78 is 0.793. The molecule has 0 aromatic carbocycles. The largest absolute Gasteiger partial charge is 0.394 e. The normalized spacial score (nSPS) is 11.4. The van der Waals surface area contributed by atoms with Crippen molar-refractivity contribution in [1.82, 2.24) is 9.97 Å². The molecule has 1 aromatic heterocycles. The Morgan fingerprint density at radius 3 is 2.62 bits per heavy atom. The summed E-state index contributed by atoms with van der Waals surface area (Å²) in [6.07, 6.45) is 1.50. The third-order valence-corrected chi connectivity index (χ3v) is 3.35. The fourth-order valence-corrected chi connectivity index (χ4v) is 1.83. The molecule has 90 valence electrons. The van der Waals surface area contributed by atoms with Crippen molar-refractivity contribution in [2.45, 2.75) is 19.4 Å². The van der Waals surface area contributed by atoms with Gasteiger partial charge in [-0.1, -0.05) is 0 Å². The highest BCUT2D eigenvalue weighted by atomic mass is 79.9. The Balaban J connectivity index is 3.14. The van der Waals surface area contributed by atoms with Crippen LogP contribution in [0.4, 0.5) is 11.6 Å². The molecular weight excluding hydrogens is 272 g/mol. The molecule has 0 aliphatic heterocycles. The predicted molar refractivity (Wildman–Crippen MR) is 68.8 cm³/mol. The van der Waals surface area contributed by atoms with E-state index in [0.717, 1.165) is 16.1 Å². The molecule has 0 amide bonds. The van der Waals surface area contributed by atoms with Gasteiger partial charge in [-0.2, -0.15) is 0 Å². The Morgan fingerprint density at radius 2 is 2.12 bits per heavy atom. The fourth-order valence-electron chi connectivity index (χ4n) is 1.16. The molecule has 0 saturated carbocycles. The summed E-state index contributed by atoms with van der Waals surface area (Å²) >= 11 is 3.45. The van der Waals surface area contributed by atoms with Crippen LogP contribution in [0.2, 0.25) is 0 Å². The average molecular weight is 289 g/mol. The van der Waals surface area contributed by atoms with Crippen LogP contribution in [0.15, 0.2) is 10.8 Å². The highest BCUT2D eigenvalue weighted by molar-refractivity contribution is 9.10. The second-order valence-corrected chi connectivity index (χ2v) is 4.93. The fraction of sp³-hybridized carbons (Fsp3) is 0.600. The van der Waals surface area contributed by atoms with Gasteiger partial charge in [-0.05, 0) is 29.8 Å². The molecule has 0 fully saturated rings. The first kappa shape index (κ1) is 13.2. The van der Waals surface area contributed by atoms with E-state index in [0.29, 0.717) is 0 Å². The third kappa shape index (κ3) is 2.44. The van der Waals surface area contributed by atoms with Gasteiger partial charge in [0.15, 0.2) is 0 Å². The van der Waals surface area contributed by atoms with E-state index in [1.807, 2.05) is 25.8 Å². The van der Waals surface area contributed by atoms with Gasteiger partial charge in [-0.15, -0.1) is 0 Å². The monoisotopic (exact) mass is 288 g/mol. The SMILES string of the molecule is CNc1ncnc(N(C)C(C)(C)CO)c1Br. The summed E-state index contributed by atoms with van der Waals surface area (Å²) in [7, 11) is 3.69. The van der Waals surface area contributed by atoms with Crippen LogP contribution in [0.3, 0.4) is 0 Å². The molecule has 1 aromatic rings. The molecule has 0 saturated heterocycles. The van der Waals surface area contributed by atoms with Gasteiger partial charge in [0.1, 0.15) is 22.4 Å². The molecule has 6 heteroatoms. The van der Waals surface area contributed by atoms with Crippen LogP contribution in [0.5, 0.6) is 0 Å². The third-order valence-electron chi connectivity index (χ3n) is 2.62. The standard InChI is InChI=1S/C10H17BrN4O/c1-10(2,5-16)15(4)9-7(11)8(12-3)13-6-14-9/h6,16H,5H2,1-4H3,(H,12,13,14). The number of anilines is 2. The Hall–Kier alpha value is -0.880. The molecule has 1 heterocycles. The van der Waals surface area contributed by atoms with Crippen LogP contribution < -0.4 is 10.2 Å². The summed E-state index contributed by atoms with van der Waals surface area (Å²) in [5.41, 5.74) is -0.373. The molecule has 0 spiro atoms. The lowest BCUT2D eigenvalue weighted by atomic mass is 10.1. The van der Waals surface area contributed by atoms with Crippen LogP contribution in [0, 0.1) is 0 Å². The maximum Gasteiger partial charge on any atom is 0.148 e. The van der Waals surface area contributed by atoms with Crippen molar-refractivity contribution in [1.29, 1.82) is 0 Å². The van der Waals surface area contributed by atoms with E-state index in [2.05, 4.69) is 31.2 Å². The van der Waals surface area contributed by atoms with Crippen LogP contribution in [0.25, 0.3) is 0 Å². The van der Waals surface area contributed by atoms with E-state index in [1.54, 1.807) is 7.05 Å². The average Bonchev–Trinajstić information content (AvgIpc) is 2.28. The molecule has 0 bridgehead atoms. The van der Waals surface area contributed by atoms with Crippen molar-refractivity contribution in [3.63, 3.8) is 0 Å². The van der Waals surface area contributed by atoms with Crippen molar-refractivity contribution < 1.29 is 5.11 Å². The van der Waals surface area contributed by atoms with Gasteiger partial charge in [0.25, 0.3) is 0 Å². The highest BCUT2D eigenvalue weighted by Crippen LogP contribution is 2.31. The van der Waals surface area contributed by atoms with Gasteiger partial charge in [0.2, 0.25) is 0 Å². The summed E-state index contributed by atoms with van der Waals surface area (Å²) in [4.78, 5) is 10.2. The van der Waals surface area contributed by atoms with Crippen molar-refractivity contribution in [3.8, 4) is 0 Å². The zero-order valence-electron chi connectivity index (χ0n) is 9.95. The van der Waals surface area contributed by atoms with Crippen molar-refractivity contribution >= 4 is 27.6 Å². The van der Waals surface area contributed by atoms with Gasteiger partial charge < -0.3 is 15.3 Å². The number of halogens is 1. The molecule has 16 heavy (non-hydrogen) atoms. The van der Waals surface area contributed by atoms with Crippen LogP contribution in [-0.4, -0.2) is 41.3 Å². The second kappa shape index (κ2) is 4.97. The molecule has 0 atom stereocenters. The number of aliphatic hydroxyl groups excluding tert-OH is 1. The minimum atomic E-state index is -0.373. The summed E-state index contributed by atoms with van der Waals surface area (Å²) in [6, 6.07) is 0. The van der Waals surface area contributed by atoms with Crippen LogP contribution in [0.1, 0.15) is 13.8 Å². The minimum Gasteiger partial charge on any atom is -0.394 e. The summed E-state index contributed by atoms with van der Waals surface area (Å²) in [5.74, 6) is 1.48. The first-order valence-corrected chi connectivity index (χ1v) is 5.76. The van der Waals surface area contributed by atoms with Crippen LogP contribution in [-0.2, 0) is 0 Å². The van der Waals surface area contributed by atoms with Gasteiger partial charge in [-0.25, -0.2) is 9.97 Å². The molecule has 0 aliphatic carbocycles. The van der Waals surface area contributed by atoms with Crippen molar-refractivity contribution in [3.05, 3.63) is 10.8 Å². The smallest absolute Gasteiger partial charge is 0.148 e. The summed E-state index contributed by atoms with van der Waals surface area (Å²) in [5, 5.41) is 12.3. The molecule has 1 rings (SSSR count). The van der Waals surface area contributed by atoms with E-state index in [4.69, 9.17) is 0 Å². The molecule has 2 N–H and O–H groups in total. The highest BCUT2D eigenvalue weighted by Gasteiger charge is 2.26. The number of nitrogens with one attached hydrogen (secondary N) is 1. The lowest BCUT2D eigenvalue weighted by molar-refractivity contribution is 0.215. The van der Waals surface area contributed by atoms with Gasteiger partial charge in [0.05, 0.1) is 12.1 Å². The Kier molecular flexibility index (Phi) is 4.09. The number of likely N-dealkylation sites (N-methyl/N-ethyl adjacent to an activating group) is 1. The molecule has 0 unspecified atom stereocenters. The summed E-state index contributed by atoms with van der Waals surface area (Å²) in [6.45, 7) is 3.94. The maximum atomic E-state index is 9.33. The molecule has 0 aliphatic rings. The molecular formula is C10H17BrN4O. The minimum absolute atomic E-state index is 0.0504. The van der Waals surface area contributed by atoms with Crippen molar-refractivity contribution in [2.24, 2.45) is 0 Å². The first-order chi connectivity index (χ1) is 7.44. The Morgan fingerprint density at radius 1 is 1.50 bits per heavy atom. The van der Waals surface area contributed by atoms with Gasteiger partial charge >= 0.3 is 0 Å². The number of aliphatic hydroxyl groups is 1. The zero-order valence-corrected chi connectivity index (χ0v) is 11.5. The van der Waals surface area contributed by atoms with Gasteiger partial charge in [-0.3, -0.25) is 0 Å². The Bertz CT molecular complexity index is 370. The Labute approximate surface area is 104 Å². The van der Waals surface area contributed by atoms with E-state index >= 15 is 0 Å². The lowest BCUT2D eigenvalue weighted by Gasteiger charge is -2.35. The van der Waals surface area contributed by atoms with E-state index in [1.165, 1.54) is 6.33 Å². The second-order valence-electron chi connectivity index (χ2n) is 4.14. The topological polar surface area (TPSA) is 61.3 Å². The van der Waals surface area contributed by atoms with Crippen molar-refractivity contribution in [2.75, 3.05) is 30.9 Å². The number of aromatic nitrogens is 2. The lowest BCUT2D eigenvalue weighted by Crippen LogP contribution is -2.45. The number of nitrogens with zero attached hydrogens (tertiary/aromatic N) is 3. The van der Waals surface area contributed by atoms with E-state index in [9.17, 15) is 5.11 Å². The molecule has 0 radical (unpaired) electrons. The van der Waals surface area contributed by atoms with E-state index < -0.39 is 0 Å². The number of hydrogen-bond donors (Lipinski definition) is 2. The zero-order chi connectivity index (χ0) is 12.3. The number of rotatable bonds is 4.